The molecule has 2 N–H and O–H groups in total. The van der Waals surface area contributed by atoms with Crippen LogP contribution in [0.3, 0.4) is 0 Å². The van der Waals surface area contributed by atoms with Gasteiger partial charge in [0.1, 0.15) is 0 Å². The third-order valence-corrected chi connectivity index (χ3v) is 0.976. The molecule has 0 aliphatic heterocycles. The molecule has 0 fully saturated rings. The average Bonchev–Trinajstić information content (AvgIpc) is 1.90. The van der Waals surface area contributed by atoms with Gasteiger partial charge in [-0.25, -0.2) is 5.84 Å². The summed E-state index contributed by atoms with van der Waals surface area (Å²) in [6, 6.07) is 1.78. The van der Waals surface area contributed by atoms with Gasteiger partial charge in [-0.2, -0.15) is 10.2 Å². The number of aromatic nitrogens is 2. The number of nitrogens with two attached hydrogens (primary N) is 1. The van der Waals surface area contributed by atoms with Gasteiger partial charge in [-0.3, -0.25) is 0 Å². The second-order valence-electron chi connectivity index (χ2n) is 1.71. The van der Waals surface area contributed by atoms with Gasteiger partial charge in [-0.05, 0) is 6.07 Å². The molecule has 0 aliphatic carbocycles. The first-order chi connectivity index (χ1) is 4.30. The van der Waals surface area contributed by atoms with Crippen molar-refractivity contribution in [2.24, 2.45) is 5.84 Å². The van der Waals surface area contributed by atoms with Crippen LogP contribution in [-0.2, 0) is 0 Å². The Morgan fingerprint density at radius 1 is 1.56 bits per heavy atom. The molecule has 0 spiro atoms. The maximum absolute atomic E-state index is 5.38. The van der Waals surface area contributed by atoms with Gasteiger partial charge in [0.2, 0.25) is 0 Å². The fourth-order valence-corrected chi connectivity index (χ4v) is 0.492. The predicted molar refractivity (Wildman–Crippen MR) is 34.6 cm³/mol. The van der Waals surface area contributed by atoms with Gasteiger partial charge < -0.3 is 5.01 Å². The second-order valence-corrected chi connectivity index (χ2v) is 1.71. The van der Waals surface area contributed by atoms with E-state index in [1.54, 1.807) is 25.5 Å². The zero-order valence-corrected chi connectivity index (χ0v) is 5.15. The summed E-state index contributed by atoms with van der Waals surface area (Å²) < 4.78 is 0. The normalized spacial score (nSPS) is 9.11. The third kappa shape index (κ3) is 1.36. The summed E-state index contributed by atoms with van der Waals surface area (Å²) in [5.41, 5.74) is 0.852. The van der Waals surface area contributed by atoms with E-state index in [2.05, 4.69) is 10.2 Å². The van der Waals surface area contributed by atoms with Crippen LogP contribution in [0.1, 0.15) is 0 Å². The highest BCUT2D eigenvalue weighted by atomic mass is 15.4. The van der Waals surface area contributed by atoms with Crippen molar-refractivity contribution in [1.82, 2.24) is 10.2 Å². The van der Waals surface area contributed by atoms with E-state index in [0.29, 0.717) is 0 Å². The summed E-state index contributed by atoms with van der Waals surface area (Å²) in [6.07, 6.45) is 3.19. The van der Waals surface area contributed by atoms with Crippen molar-refractivity contribution in [3.63, 3.8) is 0 Å². The van der Waals surface area contributed by atoms with Gasteiger partial charge in [0, 0.05) is 7.05 Å². The smallest absolute Gasteiger partial charge is 0.0743 e. The lowest BCUT2D eigenvalue weighted by Gasteiger charge is -2.08. The lowest BCUT2D eigenvalue weighted by atomic mass is 10.5. The van der Waals surface area contributed by atoms with Gasteiger partial charge in [0.15, 0.2) is 0 Å². The Bertz CT molecular complexity index is 172. The largest absolute Gasteiger partial charge is 0.312 e. The molecular formula is C5H8N4. The lowest BCUT2D eigenvalue weighted by Crippen LogP contribution is -2.24. The lowest BCUT2D eigenvalue weighted by molar-refractivity contribution is 0.964. The van der Waals surface area contributed by atoms with Crippen LogP contribution in [0.15, 0.2) is 18.5 Å². The first kappa shape index (κ1) is 5.97. The van der Waals surface area contributed by atoms with E-state index < -0.39 is 0 Å². The van der Waals surface area contributed by atoms with Crippen molar-refractivity contribution in [2.75, 3.05) is 12.1 Å². The van der Waals surface area contributed by atoms with Crippen molar-refractivity contribution in [3.05, 3.63) is 18.5 Å². The van der Waals surface area contributed by atoms with Gasteiger partial charge in [0.05, 0.1) is 18.1 Å². The maximum Gasteiger partial charge on any atom is 0.0743 e. The van der Waals surface area contributed by atoms with E-state index in [9.17, 15) is 0 Å². The van der Waals surface area contributed by atoms with Gasteiger partial charge in [-0.15, -0.1) is 0 Å². The molecule has 0 atom stereocenters. The van der Waals surface area contributed by atoms with Crippen LogP contribution in [-0.4, -0.2) is 17.2 Å². The van der Waals surface area contributed by atoms with E-state index in [1.165, 1.54) is 5.01 Å². The van der Waals surface area contributed by atoms with Crippen LogP contribution in [0.5, 0.6) is 0 Å². The monoisotopic (exact) mass is 124 g/mol. The second kappa shape index (κ2) is 2.41. The Labute approximate surface area is 53.3 Å². The standard InChI is InChI=1S/C5H8N4/c1-9(6)5-2-3-7-8-4-5/h2-4H,6H2,1H3. The Morgan fingerprint density at radius 2 is 2.33 bits per heavy atom. The molecule has 1 heterocycles. The summed E-state index contributed by atoms with van der Waals surface area (Å²) in [5.74, 6) is 5.38. The van der Waals surface area contributed by atoms with Gasteiger partial charge in [-0.1, -0.05) is 0 Å². The molecule has 9 heavy (non-hydrogen) atoms. The minimum absolute atomic E-state index is 0.852. The molecule has 0 aliphatic rings. The molecule has 1 aromatic rings. The van der Waals surface area contributed by atoms with Crippen LogP contribution in [0.4, 0.5) is 5.69 Å². The number of rotatable bonds is 1. The Morgan fingerprint density at radius 3 is 2.67 bits per heavy atom. The highest BCUT2D eigenvalue weighted by Gasteiger charge is 1.90. The maximum atomic E-state index is 5.38. The summed E-state index contributed by atoms with van der Waals surface area (Å²) in [7, 11) is 1.75. The van der Waals surface area contributed by atoms with E-state index in [4.69, 9.17) is 5.84 Å². The van der Waals surface area contributed by atoms with Crippen LogP contribution in [0.25, 0.3) is 0 Å². The average molecular weight is 124 g/mol. The Hall–Kier alpha value is -1.16. The number of anilines is 1. The topological polar surface area (TPSA) is 55.0 Å². The van der Waals surface area contributed by atoms with E-state index >= 15 is 0 Å². The van der Waals surface area contributed by atoms with Crippen LogP contribution < -0.4 is 10.9 Å². The van der Waals surface area contributed by atoms with Crippen LogP contribution in [0, 0.1) is 0 Å². The minimum Gasteiger partial charge on any atom is -0.312 e. The molecule has 0 bridgehead atoms. The molecular weight excluding hydrogens is 116 g/mol. The minimum atomic E-state index is 0.852. The Kier molecular flexibility index (Phi) is 1.60. The fraction of sp³-hybridized carbons (Fsp3) is 0.200. The van der Waals surface area contributed by atoms with Crippen molar-refractivity contribution in [2.45, 2.75) is 0 Å². The van der Waals surface area contributed by atoms with Crippen molar-refractivity contribution in [1.29, 1.82) is 0 Å². The van der Waals surface area contributed by atoms with Gasteiger partial charge in [0.25, 0.3) is 0 Å². The SMILES string of the molecule is CN(N)c1ccnnc1. The van der Waals surface area contributed by atoms with E-state index in [0.717, 1.165) is 5.69 Å². The van der Waals surface area contributed by atoms with E-state index in [1.807, 2.05) is 0 Å². The van der Waals surface area contributed by atoms with Crippen LogP contribution >= 0.6 is 0 Å². The molecule has 48 valence electrons. The summed E-state index contributed by atoms with van der Waals surface area (Å²) in [4.78, 5) is 0. The zero-order valence-electron chi connectivity index (χ0n) is 5.15. The zero-order chi connectivity index (χ0) is 6.69. The quantitative estimate of drug-likeness (QED) is 0.415. The summed E-state index contributed by atoms with van der Waals surface area (Å²) in [6.45, 7) is 0. The van der Waals surface area contributed by atoms with Crippen molar-refractivity contribution in [3.8, 4) is 0 Å². The number of hydrogen-bond donors (Lipinski definition) is 1. The molecule has 0 unspecified atom stereocenters. The number of nitrogens with zero attached hydrogens (tertiary/aromatic N) is 3. The third-order valence-electron chi connectivity index (χ3n) is 0.976. The molecule has 0 saturated carbocycles. The van der Waals surface area contributed by atoms with Crippen molar-refractivity contribution < 1.29 is 0 Å². The first-order valence-corrected chi connectivity index (χ1v) is 2.56. The predicted octanol–water partition coefficient (Wildman–Crippen LogP) is -0.214. The first-order valence-electron chi connectivity index (χ1n) is 2.56. The number of hydrogen-bond acceptors (Lipinski definition) is 4. The molecule has 1 aromatic heterocycles. The molecule has 0 amide bonds. The van der Waals surface area contributed by atoms with Crippen molar-refractivity contribution >= 4 is 5.69 Å². The van der Waals surface area contributed by atoms with Crippen LogP contribution in [0.2, 0.25) is 0 Å². The summed E-state index contributed by atoms with van der Waals surface area (Å²) >= 11 is 0. The van der Waals surface area contributed by atoms with Gasteiger partial charge >= 0.3 is 0 Å². The molecule has 1 rings (SSSR count). The molecule has 4 nitrogen and oxygen atoms in total. The molecule has 0 saturated heterocycles. The number of hydrazine groups is 1. The fourth-order valence-electron chi connectivity index (χ4n) is 0.492. The molecule has 0 radical (unpaired) electrons. The Balaban J connectivity index is 2.85. The summed E-state index contributed by atoms with van der Waals surface area (Å²) in [5, 5.41) is 8.71. The van der Waals surface area contributed by atoms with E-state index in [-0.39, 0.29) is 0 Å². The molecule has 4 heteroatoms. The highest BCUT2D eigenvalue weighted by molar-refractivity contribution is 5.39. The molecule has 0 aromatic carbocycles. The highest BCUT2D eigenvalue weighted by Crippen LogP contribution is 2.01.